The van der Waals surface area contributed by atoms with Crippen LogP contribution in [0.2, 0.25) is 0 Å². The monoisotopic (exact) mass is 422 g/mol. The molecule has 1 N–H and O–H groups in total. The summed E-state index contributed by atoms with van der Waals surface area (Å²) in [5.74, 6) is 0. The van der Waals surface area contributed by atoms with Crippen LogP contribution < -0.4 is 0 Å². The summed E-state index contributed by atoms with van der Waals surface area (Å²) in [6, 6.07) is 11.1. The van der Waals surface area contributed by atoms with Crippen LogP contribution in [0.5, 0.6) is 0 Å². The van der Waals surface area contributed by atoms with Crippen molar-refractivity contribution < 1.29 is 13.0 Å². The molecule has 156 valence electrons. The maximum atomic E-state index is 11.9. The lowest BCUT2D eigenvalue weighted by atomic mass is 10.0. The third-order valence-electron chi connectivity index (χ3n) is 4.67. The number of allylic oxidation sites excluding steroid dienone is 1. The van der Waals surface area contributed by atoms with E-state index in [1.165, 1.54) is 38.5 Å². The van der Waals surface area contributed by atoms with E-state index >= 15 is 0 Å². The first-order chi connectivity index (χ1) is 13.5. The summed E-state index contributed by atoms with van der Waals surface area (Å²) >= 11 is 3.74. The molecule has 0 aliphatic heterocycles. The molecule has 0 unspecified atom stereocenters. The molecule has 0 aliphatic carbocycles. The van der Waals surface area contributed by atoms with Gasteiger partial charge in [-0.25, -0.2) is 0 Å². The maximum absolute atomic E-state index is 11.9. The summed E-state index contributed by atoms with van der Waals surface area (Å²) in [7, 11) is -4.22. The molecule has 0 atom stereocenters. The predicted molar refractivity (Wildman–Crippen MR) is 124 cm³/mol. The Morgan fingerprint density at radius 2 is 1.50 bits per heavy atom. The number of rotatable bonds is 10. The van der Waals surface area contributed by atoms with Crippen molar-refractivity contribution in [2.45, 2.75) is 76.5 Å². The minimum atomic E-state index is -4.22. The summed E-state index contributed by atoms with van der Waals surface area (Å²) in [6.45, 7) is 4.14. The molecule has 2 rings (SSSR count). The summed E-state index contributed by atoms with van der Waals surface area (Å²) in [6.07, 6.45) is 12.2. The van der Waals surface area contributed by atoms with Gasteiger partial charge in [0.15, 0.2) is 0 Å². The lowest BCUT2D eigenvalue weighted by molar-refractivity contribution is 0.482. The fourth-order valence-electron chi connectivity index (χ4n) is 3.24. The number of hydrogen-bond donors (Lipinski definition) is 2. The molecule has 5 heteroatoms. The Labute approximate surface area is 176 Å². The molecule has 0 aliphatic rings. The van der Waals surface area contributed by atoms with Gasteiger partial charge in [0.1, 0.15) is 4.90 Å². The van der Waals surface area contributed by atoms with Crippen LogP contribution in [0.4, 0.5) is 0 Å². The topological polar surface area (TPSA) is 54.4 Å². The molecule has 3 nitrogen and oxygen atoms in total. The summed E-state index contributed by atoms with van der Waals surface area (Å²) in [4.78, 5) is 0.0866. The van der Waals surface area contributed by atoms with E-state index < -0.39 is 10.1 Å². The van der Waals surface area contributed by atoms with Crippen molar-refractivity contribution in [1.29, 1.82) is 0 Å². The zero-order valence-corrected chi connectivity index (χ0v) is 18.8. The molecular formula is C23H34O3S2. The molecule has 0 bridgehead atoms. The highest BCUT2D eigenvalue weighted by molar-refractivity contribution is 7.86. The second kappa shape index (κ2) is 13.8. The minimum absolute atomic E-state index is 0.0866. The van der Waals surface area contributed by atoms with Gasteiger partial charge in [0.2, 0.25) is 0 Å². The zero-order chi connectivity index (χ0) is 20.8. The van der Waals surface area contributed by atoms with Crippen molar-refractivity contribution in [3.63, 3.8) is 0 Å². The van der Waals surface area contributed by atoms with E-state index in [4.69, 9.17) is 0 Å². The standard InChI is InChI=1S/C20H28O3S.C3H6S/c1-2-3-4-5-6-7-8-9-13-18-16-15-17-12-10-11-14-19(17)20(18)24(21,22)23;1-2-3-4/h10-12,14-16H,2-9,13H2,1H3,(H,21,22,23);2-4H,1H3. The molecule has 0 heterocycles. The van der Waals surface area contributed by atoms with Crippen LogP contribution in [0.3, 0.4) is 0 Å². The molecule has 0 amide bonds. The third kappa shape index (κ3) is 8.80. The SMILES string of the molecule is CC=CS.CCCCCCCCCCc1ccc2ccccc2c1S(=O)(=O)O. The van der Waals surface area contributed by atoms with E-state index in [1.54, 1.807) is 17.5 Å². The van der Waals surface area contributed by atoms with Crippen LogP contribution in [-0.4, -0.2) is 13.0 Å². The van der Waals surface area contributed by atoms with E-state index in [1.807, 2.05) is 37.3 Å². The highest BCUT2D eigenvalue weighted by atomic mass is 32.2. The summed E-state index contributed by atoms with van der Waals surface area (Å²) in [5.41, 5.74) is 0.724. The van der Waals surface area contributed by atoms with Crippen LogP contribution in [0.15, 0.2) is 52.8 Å². The quantitative estimate of drug-likeness (QED) is 0.241. The van der Waals surface area contributed by atoms with E-state index in [2.05, 4.69) is 19.6 Å². The highest BCUT2D eigenvalue weighted by Crippen LogP contribution is 2.28. The average Bonchev–Trinajstić information content (AvgIpc) is 2.69. The van der Waals surface area contributed by atoms with Crippen molar-refractivity contribution >= 4 is 33.5 Å². The van der Waals surface area contributed by atoms with Crippen molar-refractivity contribution in [3.8, 4) is 0 Å². The van der Waals surface area contributed by atoms with E-state index in [0.717, 1.165) is 23.8 Å². The van der Waals surface area contributed by atoms with Gasteiger partial charge in [0, 0.05) is 5.39 Å². The number of fused-ring (bicyclic) bond motifs is 1. The van der Waals surface area contributed by atoms with Crippen molar-refractivity contribution in [3.05, 3.63) is 53.4 Å². The van der Waals surface area contributed by atoms with Crippen molar-refractivity contribution in [2.24, 2.45) is 0 Å². The van der Waals surface area contributed by atoms with Gasteiger partial charge in [-0.1, -0.05) is 94.3 Å². The maximum Gasteiger partial charge on any atom is 0.295 e. The molecule has 2 aromatic carbocycles. The van der Waals surface area contributed by atoms with Crippen LogP contribution in [0.25, 0.3) is 10.8 Å². The van der Waals surface area contributed by atoms with Crippen LogP contribution in [0, 0.1) is 0 Å². The zero-order valence-electron chi connectivity index (χ0n) is 17.1. The highest BCUT2D eigenvalue weighted by Gasteiger charge is 2.18. The van der Waals surface area contributed by atoms with Gasteiger partial charge in [0.25, 0.3) is 10.1 Å². The fourth-order valence-corrected chi connectivity index (χ4v) is 4.20. The van der Waals surface area contributed by atoms with Gasteiger partial charge in [-0.2, -0.15) is 21.0 Å². The second-order valence-electron chi connectivity index (χ2n) is 6.96. The van der Waals surface area contributed by atoms with Crippen LogP contribution in [0.1, 0.15) is 70.8 Å². The van der Waals surface area contributed by atoms with Crippen LogP contribution >= 0.6 is 12.6 Å². The van der Waals surface area contributed by atoms with Gasteiger partial charge in [0.05, 0.1) is 0 Å². The third-order valence-corrected chi connectivity index (χ3v) is 5.96. The van der Waals surface area contributed by atoms with E-state index in [0.29, 0.717) is 11.8 Å². The normalized spacial score (nSPS) is 11.6. The molecule has 0 aromatic heterocycles. The largest absolute Gasteiger partial charge is 0.295 e. The Kier molecular flexibility index (Phi) is 12.2. The number of unbranched alkanes of at least 4 members (excludes halogenated alkanes) is 7. The first-order valence-electron chi connectivity index (χ1n) is 10.2. The number of aryl methyl sites for hydroxylation is 1. The minimum Gasteiger partial charge on any atom is -0.282 e. The number of benzene rings is 2. The lowest BCUT2D eigenvalue weighted by Gasteiger charge is -2.11. The molecule has 0 saturated heterocycles. The van der Waals surface area contributed by atoms with Gasteiger partial charge in [-0.3, -0.25) is 4.55 Å². The first-order valence-corrected chi connectivity index (χ1v) is 12.1. The Morgan fingerprint density at radius 1 is 0.929 bits per heavy atom. The Morgan fingerprint density at radius 3 is 2.07 bits per heavy atom. The molecule has 2 aromatic rings. The van der Waals surface area contributed by atoms with Gasteiger partial charge < -0.3 is 0 Å². The van der Waals surface area contributed by atoms with Gasteiger partial charge >= 0.3 is 0 Å². The number of thiol groups is 1. The molecule has 28 heavy (non-hydrogen) atoms. The molecule has 0 spiro atoms. The predicted octanol–water partition coefficient (Wildman–Crippen LogP) is 7.22. The van der Waals surface area contributed by atoms with Crippen LogP contribution in [-0.2, 0) is 16.5 Å². The van der Waals surface area contributed by atoms with Crippen molar-refractivity contribution in [2.75, 3.05) is 0 Å². The Hall–Kier alpha value is -1.30. The smallest absolute Gasteiger partial charge is 0.282 e. The summed E-state index contributed by atoms with van der Waals surface area (Å²) in [5, 5.41) is 3.14. The molecule has 0 fully saturated rings. The molecule has 0 saturated carbocycles. The average molecular weight is 423 g/mol. The van der Waals surface area contributed by atoms with Crippen molar-refractivity contribution in [1.82, 2.24) is 0 Å². The van der Waals surface area contributed by atoms with Gasteiger partial charge in [-0.15, -0.1) is 0 Å². The lowest BCUT2D eigenvalue weighted by Crippen LogP contribution is -2.04. The number of hydrogen-bond acceptors (Lipinski definition) is 3. The Bertz CT molecular complexity index is 823. The second-order valence-corrected chi connectivity index (χ2v) is 8.61. The molecular weight excluding hydrogens is 388 g/mol. The first kappa shape index (κ1) is 24.7. The summed E-state index contributed by atoms with van der Waals surface area (Å²) < 4.78 is 33.4. The Balaban J connectivity index is 0.000000892. The van der Waals surface area contributed by atoms with E-state index in [-0.39, 0.29) is 4.90 Å². The van der Waals surface area contributed by atoms with Gasteiger partial charge in [-0.05, 0) is 36.1 Å². The van der Waals surface area contributed by atoms with E-state index in [9.17, 15) is 13.0 Å². The molecule has 0 radical (unpaired) electrons. The fraction of sp³-hybridized carbons (Fsp3) is 0.478.